The second-order valence-electron chi connectivity index (χ2n) is 7.68. The molecule has 0 fully saturated rings. The lowest BCUT2D eigenvalue weighted by Gasteiger charge is -2.10. The molecule has 168 valence electrons. The Hall–Kier alpha value is -3.16. The van der Waals surface area contributed by atoms with Crippen LogP contribution in [0.4, 0.5) is 4.79 Å². The number of carbonyl (C=O) groups is 1. The maximum atomic E-state index is 12.7. The van der Waals surface area contributed by atoms with E-state index in [1.54, 1.807) is 30.5 Å². The SMILES string of the molecule is CCc1nccn1Cc1ccc(-c2cc(CC(C)C)sc2S(=O)(=O)OC(N)=O)cc1C#N. The van der Waals surface area contributed by atoms with Crippen LogP contribution < -0.4 is 5.73 Å². The molecule has 10 heteroatoms. The Morgan fingerprint density at radius 3 is 2.72 bits per heavy atom. The van der Waals surface area contributed by atoms with Gasteiger partial charge in [0.1, 0.15) is 5.82 Å². The Morgan fingerprint density at radius 1 is 1.34 bits per heavy atom. The number of benzene rings is 1. The Kier molecular flexibility index (Phi) is 7.01. The maximum absolute atomic E-state index is 12.7. The van der Waals surface area contributed by atoms with Crippen LogP contribution >= 0.6 is 11.3 Å². The minimum Gasteiger partial charge on any atom is -0.334 e. The molecule has 2 heterocycles. The molecule has 3 aromatic rings. The largest absolute Gasteiger partial charge is 0.420 e. The number of aryl methyl sites for hydroxylation is 1. The zero-order chi connectivity index (χ0) is 23.5. The minimum atomic E-state index is -4.38. The number of aromatic nitrogens is 2. The van der Waals surface area contributed by atoms with Crippen molar-refractivity contribution in [1.82, 2.24) is 9.55 Å². The van der Waals surface area contributed by atoms with E-state index < -0.39 is 16.2 Å². The fraction of sp³-hybridized carbons (Fsp3) is 0.318. The second kappa shape index (κ2) is 9.54. The van der Waals surface area contributed by atoms with Gasteiger partial charge >= 0.3 is 16.2 Å². The molecular formula is C22H24N4O4S2. The lowest BCUT2D eigenvalue weighted by atomic mass is 10.0. The first-order chi connectivity index (χ1) is 15.1. The third-order valence-corrected chi connectivity index (χ3v) is 7.65. The van der Waals surface area contributed by atoms with Crippen LogP contribution in [-0.4, -0.2) is 24.1 Å². The molecule has 8 nitrogen and oxygen atoms in total. The summed E-state index contributed by atoms with van der Waals surface area (Å²) in [6, 6.07) is 9.19. The predicted octanol–water partition coefficient (Wildman–Crippen LogP) is 4.08. The number of thiophene rings is 1. The van der Waals surface area contributed by atoms with Crippen molar-refractivity contribution >= 4 is 27.5 Å². The van der Waals surface area contributed by atoms with Crippen molar-refractivity contribution in [2.24, 2.45) is 11.7 Å². The summed E-state index contributed by atoms with van der Waals surface area (Å²) in [6.07, 6.45) is 3.61. The molecule has 1 amide bonds. The molecular weight excluding hydrogens is 448 g/mol. The van der Waals surface area contributed by atoms with E-state index in [0.29, 0.717) is 35.6 Å². The number of nitrogens with zero attached hydrogens (tertiary/aromatic N) is 3. The van der Waals surface area contributed by atoms with Crippen LogP contribution in [0.5, 0.6) is 0 Å². The van der Waals surface area contributed by atoms with E-state index in [1.807, 2.05) is 31.5 Å². The first-order valence-electron chi connectivity index (χ1n) is 10.0. The van der Waals surface area contributed by atoms with Gasteiger partial charge in [-0.1, -0.05) is 32.9 Å². The molecule has 0 saturated carbocycles. The normalized spacial score (nSPS) is 11.5. The fourth-order valence-corrected chi connectivity index (χ4v) is 6.11. The van der Waals surface area contributed by atoms with Gasteiger partial charge in [-0.15, -0.1) is 11.3 Å². The van der Waals surface area contributed by atoms with Gasteiger partial charge in [0.25, 0.3) is 0 Å². The van der Waals surface area contributed by atoms with Crippen molar-refractivity contribution in [1.29, 1.82) is 5.26 Å². The van der Waals surface area contributed by atoms with Gasteiger partial charge in [0, 0.05) is 29.3 Å². The molecule has 0 spiro atoms. The summed E-state index contributed by atoms with van der Waals surface area (Å²) < 4.78 is 31.6. The molecule has 0 saturated heterocycles. The smallest absolute Gasteiger partial charge is 0.334 e. The summed E-state index contributed by atoms with van der Waals surface area (Å²) in [6.45, 7) is 6.53. The average Bonchev–Trinajstić information content (AvgIpc) is 3.34. The molecule has 3 rings (SSSR count). The van der Waals surface area contributed by atoms with E-state index in [2.05, 4.69) is 15.2 Å². The highest BCUT2D eigenvalue weighted by molar-refractivity contribution is 7.89. The van der Waals surface area contributed by atoms with Crippen molar-refractivity contribution in [3.05, 3.63) is 58.5 Å². The summed E-state index contributed by atoms with van der Waals surface area (Å²) in [5.74, 6) is 1.21. The number of hydrogen-bond acceptors (Lipinski definition) is 7. The molecule has 0 aliphatic heterocycles. The predicted molar refractivity (Wildman–Crippen MR) is 122 cm³/mol. The van der Waals surface area contributed by atoms with Crippen LogP contribution in [0.1, 0.15) is 42.6 Å². The molecule has 0 radical (unpaired) electrons. The number of rotatable bonds is 8. The van der Waals surface area contributed by atoms with Crippen LogP contribution in [0, 0.1) is 17.2 Å². The molecule has 1 aromatic carbocycles. The molecule has 32 heavy (non-hydrogen) atoms. The summed E-state index contributed by atoms with van der Waals surface area (Å²) in [5.41, 5.74) is 7.10. The molecule has 2 N–H and O–H groups in total. The zero-order valence-electron chi connectivity index (χ0n) is 18.0. The Morgan fingerprint density at radius 2 is 2.09 bits per heavy atom. The van der Waals surface area contributed by atoms with Gasteiger partial charge in [0.2, 0.25) is 0 Å². The van der Waals surface area contributed by atoms with Gasteiger partial charge in [-0.25, -0.2) is 9.78 Å². The molecule has 2 aromatic heterocycles. The van der Waals surface area contributed by atoms with E-state index in [4.69, 9.17) is 5.73 Å². The van der Waals surface area contributed by atoms with Gasteiger partial charge in [-0.05, 0) is 35.6 Å². The number of amides is 1. The van der Waals surface area contributed by atoms with Crippen molar-refractivity contribution in [3.8, 4) is 17.2 Å². The van der Waals surface area contributed by atoms with Crippen molar-refractivity contribution < 1.29 is 17.4 Å². The summed E-state index contributed by atoms with van der Waals surface area (Å²) in [5, 5.41) is 9.74. The quantitative estimate of drug-likeness (QED) is 0.492. The lowest BCUT2D eigenvalue weighted by molar-refractivity contribution is 0.213. The summed E-state index contributed by atoms with van der Waals surface area (Å²) in [4.78, 5) is 16.3. The second-order valence-corrected chi connectivity index (χ2v) is 10.6. The third kappa shape index (κ3) is 5.18. The molecule has 0 aliphatic carbocycles. The molecule has 0 aliphatic rings. The van der Waals surface area contributed by atoms with Gasteiger partial charge in [0.15, 0.2) is 4.21 Å². The van der Waals surface area contributed by atoms with E-state index >= 15 is 0 Å². The fourth-order valence-electron chi connectivity index (χ4n) is 3.43. The zero-order valence-corrected chi connectivity index (χ0v) is 19.7. The average molecular weight is 473 g/mol. The first kappa shape index (κ1) is 23.5. The van der Waals surface area contributed by atoms with Gasteiger partial charge in [-0.3, -0.25) is 0 Å². The highest BCUT2D eigenvalue weighted by Gasteiger charge is 2.27. The number of primary amides is 1. The Labute approximate surface area is 191 Å². The van der Waals surface area contributed by atoms with Crippen LogP contribution in [0.2, 0.25) is 0 Å². The van der Waals surface area contributed by atoms with E-state index in [9.17, 15) is 18.5 Å². The van der Waals surface area contributed by atoms with Crippen molar-refractivity contribution in [2.45, 2.75) is 44.4 Å². The lowest BCUT2D eigenvalue weighted by Crippen LogP contribution is -2.18. The summed E-state index contributed by atoms with van der Waals surface area (Å²) in [7, 11) is -4.38. The van der Waals surface area contributed by atoms with Crippen LogP contribution in [-0.2, 0) is 33.7 Å². The number of hydrogen-bond donors (Lipinski definition) is 1. The number of nitrogens with two attached hydrogens (primary N) is 1. The molecule has 0 bridgehead atoms. The van der Waals surface area contributed by atoms with Gasteiger partial charge < -0.3 is 14.5 Å². The summed E-state index contributed by atoms with van der Waals surface area (Å²) >= 11 is 1.04. The maximum Gasteiger partial charge on any atom is 0.420 e. The van der Waals surface area contributed by atoms with Crippen LogP contribution in [0.3, 0.4) is 0 Å². The Balaban J connectivity index is 2.07. The van der Waals surface area contributed by atoms with E-state index in [0.717, 1.165) is 34.0 Å². The topological polar surface area (TPSA) is 128 Å². The molecule has 0 atom stereocenters. The van der Waals surface area contributed by atoms with E-state index in [1.165, 1.54) is 0 Å². The van der Waals surface area contributed by atoms with Crippen molar-refractivity contribution in [3.63, 3.8) is 0 Å². The van der Waals surface area contributed by atoms with E-state index in [-0.39, 0.29) is 4.21 Å². The monoisotopic (exact) mass is 472 g/mol. The highest BCUT2D eigenvalue weighted by atomic mass is 32.3. The number of carbonyl (C=O) groups excluding carboxylic acids is 1. The third-order valence-electron chi connectivity index (χ3n) is 4.78. The van der Waals surface area contributed by atoms with Gasteiger partial charge in [0.05, 0.1) is 18.2 Å². The number of imidazole rings is 1. The standard InChI is InChI=1S/C22H24N4O4S2/c1-4-20-25-7-8-26(20)13-16-6-5-15(10-17(16)12-23)19-11-18(9-14(2)3)31-21(19)32(28,29)30-22(24)27/h5-8,10-11,14H,4,9,13H2,1-3H3,(H2,24,27). The van der Waals surface area contributed by atoms with Crippen LogP contribution in [0.15, 0.2) is 40.9 Å². The minimum absolute atomic E-state index is 0.105. The first-order valence-corrected chi connectivity index (χ1v) is 12.3. The highest BCUT2D eigenvalue weighted by Crippen LogP contribution is 2.38. The Bertz CT molecular complexity index is 1280. The van der Waals surface area contributed by atoms with Crippen LogP contribution in [0.25, 0.3) is 11.1 Å². The number of nitriles is 1. The molecule has 0 unspecified atom stereocenters. The van der Waals surface area contributed by atoms with Crippen molar-refractivity contribution in [2.75, 3.05) is 0 Å². The van der Waals surface area contributed by atoms with Gasteiger partial charge in [-0.2, -0.15) is 13.7 Å².